The number of hydrogen-bond donors (Lipinski definition) is 1. The monoisotopic (exact) mass is 319 g/mol. The minimum atomic E-state index is -0.345. The first-order valence-electron chi connectivity index (χ1n) is 7.12. The minimum absolute atomic E-state index is 0.251. The number of hydrogen-bond acceptors (Lipinski definition) is 4. The predicted octanol–water partition coefficient (Wildman–Crippen LogP) is 1.70. The number of nitrogens with zero attached hydrogens (tertiary/aromatic N) is 2. The molecule has 1 heterocycles. The molecule has 0 fully saturated rings. The number of thioether (sulfide) groups is 1. The quantitative estimate of drug-likeness (QED) is 0.823. The highest BCUT2D eigenvalue weighted by molar-refractivity contribution is 7.98. The van der Waals surface area contributed by atoms with Crippen LogP contribution in [0.5, 0.6) is 0 Å². The van der Waals surface area contributed by atoms with Crippen molar-refractivity contribution in [1.29, 1.82) is 0 Å². The zero-order chi connectivity index (χ0) is 16.1. The summed E-state index contributed by atoms with van der Waals surface area (Å²) in [7, 11) is 1.99. The lowest BCUT2D eigenvalue weighted by Gasteiger charge is -2.17. The van der Waals surface area contributed by atoms with Gasteiger partial charge in [-0.2, -0.15) is 0 Å². The topological polar surface area (TPSA) is 58.1 Å². The van der Waals surface area contributed by atoms with E-state index >= 15 is 0 Å². The SMILES string of the molecule is CSc1cccc(CN(C)CCn2c(=O)cc(C)[nH]c2=O)c1. The largest absolute Gasteiger partial charge is 0.328 e. The van der Waals surface area contributed by atoms with Crippen molar-refractivity contribution in [2.24, 2.45) is 0 Å². The van der Waals surface area contributed by atoms with Crippen LogP contribution in [0.25, 0.3) is 0 Å². The van der Waals surface area contributed by atoms with Gasteiger partial charge in [-0.15, -0.1) is 11.8 Å². The van der Waals surface area contributed by atoms with Crippen molar-refractivity contribution < 1.29 is 0 Å². The van der Waals surface area contributed by atoms with Crippen LogP contribution in [0.3, 0.4) is 0 Å². The summed E-state index contributed by atoms with van der Waals surface area (Å²) >= 11 is 1.72. The second-order valence-corrected chi connectivity index (χ2v) is 6.22. The molecule has 0 aliphatic rings. The van der Waals surface area contributed by atoms with E-state index in [-0.39, 0.29) is 11.2 Å². The second kappa shape index (κ2) is 7.47. The van der Waals surface area contributed by atoms with Crippen molar-refractivity contribution in [1.82, 2.24) is 14.5 Å². The molecule has 6 heteroatoms. The van der Waals surface area contributed by atoms with E-state index in [9.17, 15) is 9.59 Å². The first-order valence-corrected chi connectivity index (χ1v) is 8.34. The van der Waals surface area contributed by atoms with Gasteiger partial charge in [-0.3, -0.25) is 9.36 Å². The van der Waals surface area contributed by atoms with Crippen molar-refractivity contribution in [3.63, 3.8) is 0 Å². The fourth-order valence-electron chi connectivity index (χ4n) is 2.28. The van der Waals surface area contributed by atoms with Crippen LogP contribution in [0, 0.1) is 6.92 Å². The van der Waals surface area contributed by atoms with Gasteiger partial charge in [0.25, 0.3) is 5.56 Å². The Bertz CT molecular complexity index is 720. The Morgan fingerprint density at radius 1 is 1.27 bits per heavy atom. The highest BCUT2D eigenvalue weighted by atomic mass is 32.2. The normalized spacial score (nSPS) is 11.1. The summed E-state index contributed by atoms with van der Waals surface area (Å²) in [6.45, 7) is 3.51. The second-order valence-electron chi connectivity index (χ2n) is 5.34. The summed E-state index contributed by atoms with van der Waals surface area (Å²) < 4.78 is 1.24. The zero-order valence-corrected chi connectivity index (χ0v) is 13.9. The van der Waals surface area contributed by atoms with Gasteiger partial charge in [0.05, 0.1) is 0 Å². The van der Waals surface area contributed by atoms with E-state index in [4.69, 9.17) is 0 Å². The molecule has 0 aliphatic heterocycles. The van der Waals surface area contributed by atoms with Crippen molar-refractivity contribution >= 4 is 11.8 Å². The Morgan fingerprint density at radius 3 is 2.73 bits per heavy atom. The molecule has 0 saturated carbocycles. The predicted molar refractivity (Wildman–Crippen MR) is 90.6 cm³/mol. The lowest BCUT2D eigenvalue weighted by molar-refractivity contribution is 0.307. The third kappa shape index (κ3) is 4.35. The number of aryl methyl sites for hydroxylation is 1. The molecule has 0 atom stereocenters. The summed E-state index contributed by atoms with van der Waals surface area (Å²) in [6.07, 6.45) is 2.05. The smallest absolute Gasteiger partial charge is 0.311 e. The Hall–Kier alpha value is -1.79. The molecule has 1 N–H and O–H groups in total. The van der Waals surface area contributed by atoms with Crippen LogP contribution < -0.4 is 11.2 Å². The van der Waals surface area contributed by atoms with Gasteiger partial charge in [0.2, 0.25) is 0 Å². The Balaban J connectivity index is 2.00. The molecule has 2 aromatic rings. The summed E-state index contributed by atoms with van der Waals surface area (Å²) in [5.74, 6) is 0. The Labute approximate surface area is 134 Å². The fourth-order valence-corrected chi connectivity index (χ4v) is 2.76. The van der Waals surface area contributed by atoms with Crippen LogP contribution in [-0.2, 0) is 13.1 Å². The average Bonchev–Trinajstić information content (AvgIpc) is 2.46. The molecule has 0 aliphatic carbocycles. The van der Waals surface area contributed by atoms with E-state index in [0.717, 1.165) is 6.54 Å². The number of H-pyrrole nitrogens is 1. The lowest BCUT2D eigenvalue weighted by atomic mass is 10.2. The third-order valence-electron chi connectivity index (χ3n) is 3.45. The van der Waals surface area contributed by atoms with Gasteiger partial charge in [-0.05, 0) is 37.9 Å². The molecule has 2 rings (SSSR count). The first kappa shape index (κ1) is 16.6. The van der Waals surface area contributed by atoms with Gasteiger partial charge in [0.1, 0.15) is 0 Å². The molecule has 0 saturated heterocycles. The molecule has 0 unspecified atom stereocenters. The molecule has 0 radical (unpaired) electrons. The van der Waals surface area contributed by atoms with Gasteiger partial charge >= 0.3 is 5.69 Å². The summed E-state index contributed by atoms with van der Waals surface area (Å²) in [5.41, 5.74) is 1.22. The van der Waals surface area contributed by atoms with Gasteiger partial charge < -0.3 is 9.88 Å². The maximum Gasteiger partial charge on any atom is 0.328 e. The zero-order valence-electron chi connectivity index (χ0n) is 13.1. The standard InChI is InChI=1S/C16H21N3O2S/c1-12-9-15(20)19(16(21)17-12)8-7-18(2)11-13-5-4-6-14(10-13)22-3/h4-6,9-10H,7-8,11H2,1-3H3,(H,17,21). The van der Waals surface area contributed by atoms with E-state index < -0.39 is 0 Å². The van der Waals surface area contributed by atoms with Crippen LogP contribution in [0.4, 0.5) is 0 Å². The number of rotatable bonds is 6. The van der Waals surface area contributed by atoms with Gasteiger partial charge in [-0.1, -0.05) is 12.1 Å². The molecule has 0 spiro atoms. The molecular formula is C16H21N3O2S. The first-order chi connectivity index (χ1) is 10.5. The highest BCUT2D eigenvalue weighted by Crippen LogP contribution is 2.16. The summed E-state index contributed by atoms with van der Waals surface area (Å²) in [4.78, 5) is 29.6. The number of aromatic amines is 1. The number of benzene rings is 1. The minimum Gasteiger partial charge on any atom is -0.311 e. The number of likely N-dealkylation sites (N-methyl/N-ethyl adjacent to an activating group) is 1. The Morgan fingerprint density at radius 2 is 2.05 bits per heavy atom. The molecule has 22 heavy (non-hydrogen) atoms. The maximum absolute atomic E-state index is 11.8. The third-order valence-corrected chi connectivity index (χ3v) is 4.17. The van der Waals surface area contributed by atoms with E-state index in [1.165, 1.54) is 21.1 Å². The van der Waals surface area contributed by atoms with Crippen LogP contribution in [-0.4, -0.2) is 34.3 Å². The molecule has 0 bridgehead atoms. The van der Waals surface area contributed by atoms with E-state index in [0.29, 0.717) is 18.8 Å². The van der Waals surface area contributed by atoms with Gasteiger partial charge in [0, 0.05) is 36.3 Å². The van der Waals surface area contributed by atoms with Crippen LogP contribution in [0.15, 0.2) is 44.8 Å². The van der Waals surface area contributed by atoms with E-state index in [1.807, 2.05) is 13.1 Å². The van der Waals surface area contributed by atoms with Crippen molar-refractivity contribution in [3.05, 3.63) is 62.4 Å². The van der Waals surface area contributed by atoms with Crippen LogP contribution in [0.2, 0.25) is 0 Å². The lowest BCUT2D eigenvalue weighted by Crippen LogP contribution is -2.38. The fraction of sp³-hybridized carbons (Fsp3) is 0.375. The number of nitrogens with one attached hydrogen (secondary N) is 1. The average molecular weight is 319 g/mol. The van der Waals surface area contributed by atoms with Gasteiger partial charge in [0.15, 0.2) is 0 Å². The summed E-state index contributed by atoms with van der Waals surface area (Å²) in [5, 5.41) is 0. The number of aromatic nitrogens is 2. The van der Waals surface area contributed by atoms with Gasteiger partial charge in [-0.25, -0.2) is 4.79 Å². The van der Waals surface area contributed by atoms with Crippen molar-refractivity contribution in [3.8, 4) is 0 Å². The molecule has 118 valence electrons. The molecule has 1 aromatic carbocycles. The maximum atomic E-state index is 11.8. The van der Waals surface area contributed by atoms with E-state index in [1.54, 1.807) is 18.7 Å². The van der Waals surface area contributed by atoms with E-state index in [2.05, 4.69) is 34.3 Å². The molecular weight excluding hydrogens is 298 g/mol. The molecule has 0 amide bonds. The van der Waals surface area contributed by atoms with Crippen LogP contribution in [0.1, 0.15) is 11.3 Å². The highest BCUT2D eigenvalue weighted by Gasteiger charge is 2.05. The van der Waals surface area contributed by atoms with Crippen molar-refractivity contribution in [2.75, 3.05) is 19.8 Å². The molecule has 5 nitrogen and oxygen atoms in total. The summed E-state index contributed by atoms with van der Waals surface area (Å²) in [6, 6.07) is 9.82. The molecule has 1 aromatic heterocycles. The van der Waals surface area contributed by atoms with Crippen LogP contribution >= 0.6 is 11.8 Å². The Kier molecular flexibility index (Phi) is 5.63. The van der Waals surface area contributed by atoms with Crippen molar-refractivity contribution in [2.45, 2.75) is 24.9 Å².